The van der Waals surface area contributed by atoms with Crippen molar-refractivity contribution >= 4 is 5.78 Å². The molecule has 0 aliphatic heterocycles. The van der Waals surface area contributed by atoms with Gasteiger partial charge in [-0.3, -0.25) is 4.79 Å². The highest BCUT2D eigenvalue weighted by atomic mass is 16.3. The molecule has 1 aliphatic rings. The molecule has 1 saturated carbocycles. The molecule has 2 atom stereocenters. The van der Waals surface area contributed by atoms with Crippen molar-refractivity contribution in [1.29, 1.82) is 0 Å². The second-order valence-electron chi connectivity index (χ2n) is 4.71. The van der Waals surface area contributed by atoms with Gasteiger partial charge in [0.1, 0.15) is 5.78 Å². The van der Waals surface area contributed by atoms with Gasteiger partial charge in [-0.15, -0.1) is 0 Å². The van der Waals surface area contributed by atoms with Crippen LogP contribution in [0.4, 0.5) is 0 Å². The zero-order valence-electron chi connectivity index (χ0n) is 9.33. The molecule has 0 aromatic rings. The topological polar surface area (TPSA) is 37.3 Å². The molecule has 82 valence electrons. The van der Waals surface area contributed by atoms with Crippen molar-refractivity contribution in [2.75, 3.05) is 0 Å². The molecule has 0 amide bonds. The van der Waals surface area contributed by atoms with Gasteiger partial charge in [0.2, 0.25) is 0 Å². The lowest BCUT2D eigenvalue weighted by molar-refractivity contribution is -0.123. The van der Waals surface area contributed by atoms with E-state index >= 15 is 0 Å². The van der Waals surface area contributed by atoms with Crippen molar-refractivity contribution < 1.29 is 9.90 Å². The quantitative estimate of drug-likeness (QED) is 0.753. The minimum absolute atomic E-state index is 0.105. The number of aliphatic hydroxyl groups is 1. The zero-order chi connectivity index (χ0) is 10.6. The monoisotopic (exact) mass is 198 g/mol. The maximum Gasteiger partial charge on any atom is 0.135 e. The van der Waals surface area contributed by atoms with Crippen molar-refractivity contribution in [2.24, 2.45) is 11.8 Å². The second-order valence-corrected chi connectivity index (χ2v) is 4.71. The van der Waals surface area contributed by atoms with Crippen LogP contribution in [-0.2, 0) is 4.79 Å². The molecular weight excluding hydrogens is 176 g/mol. The molecule has 0 aromatic carbocycles. The third-order valence-corrected chi connectivity index (χ3v) is 3.52. The Bertz CT molecular complexity index is 183. The van der Waals surface area contributed by atoms with Crippen molar-refractivity contribution in [3.8, 4) is 0 Å². The molecule has 14 heavy (non-hydrogen) atoms. The average molecular weight is 198 g/mol. The van der Waals surface area contributed by atoms with Crippen LogP contribution in [0.1, 0.15) is 52.4 Å². The van der Waals surface area contributed by atoms with Crippen molar-refractivity contribution in [1.82, 2.24) is 0 Å². The minimum atomic E-state index is -0.421. The summed E-state index contributed by atoms with van der Waals surface area (Å²) in [4.78, 5) is 11.1. The number of rotatable bonds is 4. The van der Waals surface area contributed by atoms with Crippen LogP contribution in [0.15, 0.2) is 0 Å². The van der Waals surface area contributed by atoms with Gasteiger partial charge >= 0.3 is 0 Å². The van der Waals surface area contributed by atoms with Gasteiger partial charge in [0, 0.05) is 5.92 Å². The van der Waals surface area contributed by atoms with Crippen LogP contribution < -0.4 is 0 Å². The van der Waals surface area contributed by atoms with Crippen molar-refractivity contribution in [2.45, 2.75) is 58.5 Å². The highest BCUT2D eigenvalue weighted by Crippen LogP contribution is 2.28. The molecular formula is C12H22O2. The lowest BCUT2D eigenvalue weighted by Crippen LogP contribution is -2.27. The molecule has 1 fully saturated rings. The maximum absolute atomic E-state index is 11.1. The van der Waals surface area contributed by atoms with Gasteiger partial charge in [-0.25, -0.2) is 0 Å². The van der Waals surface area contributed by atoms with Gasteiger partial charge in [-0.2, -0.15) is 0 Å². The molecule has 1 rings (SSSR count). The minimum Gasteiger partial charge on any atom is -0.392 e. The van der Waals surface area contributed by atoms with E-state index in [0.29, 0.717) is 5.92 Å². The van der Waals surface area contributed by atoms with Crippen LogP contribution in [0, 0.1) is 11.8 Å². The molecule has 2 heteroatoms. The van der Waals surface area contributed by atoms with E-state index < -0.39 is 6.10 Å². The first-order valence-electron chi connectivity index (χ1n) is 5.79. The fourth-order valence-electron chi connectivity index (χ4n) is 2.24. The Labute approximate surface area is 86.7 Å². The number of ketones is 1. The van der Waals surface area contributed by atoms with Crippen LogP contribution in [0.3, 0.4) is 0 Å². The largest absolute Gasteiger partial charge is 0.392 e. The summed E-state index contributed by atoms with van der Waals surface area (Å²) >= 11 is 0. The van der Waals surface area contributed by atoms with E-state index in [2.05, 4.69) is 0 Å². The van der Waals surface area contributed by atoms with Gasteiger partial charge in [0.25, 0.3) is 0 Å². The van der Waals surface area contributed by atoms with E-state index in [1.54, 1.807) is 6.92 Å². The summed E-state index contributed by atoms with van der Waals surface area (Å²) in [5.74, 6) is 0.575. The summed E-state index contributed by atoms with van der Waals surface area (Å²) in [6.45, 7) is 3.39. The first kappa shape index (κ1) is 11.7. The summed E-state index contributed by atoms with van der Waals surface area (Å²) in [6, 6.07) is 0. The first-order valence-corrected chi connectivity index (χ1v) is 5.79. The second kappa shape index (κ2) is 5.50. The van der Waals surface area contributed by atoms with E-state index in [4.69, 9.17) is 0 Å². The van der Waals surface area contributed by atoms with E-state index in [-0.39, 0.29) is 11.7 Å². The maximum atomic E-state index is 11.1. The molecule has 0 unspecified atom stereocenters. The van der Waals surface area contributed by atoms with Gasteiger partial charge in [0.05, 0.1) is 6.10 Å². The van der Waals surface area contributed by atoms with Gasteiger partial charge in [0.15, 0.2) is 0 Å². The third kappa shape index (κ3) is 3.41. The number of hydrogen-bond donors (Lipinski definition) is 1. The lowest BCUT2D eigenvalue weighted by Gasteiger charge is -2.25. The summed E-state index contributed by atoms with van der Waals surface area (Å²) < 4.78 is 0. The van der Waals surface area contributed by atoms with E-state index in [9.17, 15) is 9.90 Å². The summed E-state index contributed by atoms with van der Waals surface area (Å²) in [7, 11) is 0. The predicted molar refractivity (Wildman–Crippen MR) is 57.0 cm³/mol. The van der Waals surface area contributed by atoms with E-state index in [0.717, 1.165) is 6.42 Å². The summed E-state index contributed by atoms with van der Waals surface area (Å²) in [5, 5.41) is 9.82. The highest BCUT2D eigenvalue weighted by Gasteiger charge is 2.23. The molecule has 0 spiro atoms. The van der Waals surface area contributed by atoms with Crippen LogP contribution >= 0.6 is 0 Å². The highest BCUT2D eigenvalue weighted by molar-refractivity contribution is 5.78. The number of carbonyl (C=O) groups is 1. The molecule has 0 radical (unpaired) electrons. The SMILES string of the molecule is CC(=O)[C@@H](C)[C@H](O)CC1CCCCC1. The van der Waals surface area contributed by atoms with Crippen LogP contribution in [0.25, 0.3) is 0 Å². The molecule has 1 aliphatic carbocycles. The Morgan fingerprint density at radius 3 is 2.43 bits per heavy atom. The zero-order valence-corrected chi connectivity index (χ0v) is 9.33. The summed E-state index contributed by atoms with van der Waals surface area (Å²) in [6.07, 6.45) is 6.81. The van der Waals surface area contributed by atoms with Gasteiger partial charge < -0.3 is 5.11 Å². The number of hydrogen-bond acceptors (Lipinski definition) is 2. The third-order valence-electron chi connectivity index (χ3n) is 3.52. The van der Waals surface area contributed by atoms with Crippen LogP contribution in [0.2, 0.25) is 0 Å². The van der Waals surface area contributed by atoms with Crippen LogP contribution in [-0.4, -0.2) is 17.0 Å². The Hall–Kier alpha value is -0.370. The van der Waals surface area contributed by atoms with Gasteiger partial charge in [-0.1, -0.05) is 39.0 Å². The number of Topliss-reactive ketones (excluding diaryl/α,β-unsaturated/α-hetero) is 1. The smallest absolute Gasteiger partial charge is 0.135 e. The Kier molecular flexibility index (Phi) is 4.59. The van der Waals surface area contributed by atoms with E-state index in [1.165, 1.54) is 32.1 Å². The first-order chi connectivity index (χ1) is 6.61. The molecule has 0 aromatic heterocycles. The molecule has 1 N–H and O–H groups in total. The fraction of sp³-hybridized carbons (Fsp3) is 0.917. The standard InChI is InChI=1S/C12H22O2/c1-9(10(2)13)12(14)8-11-6-4-3-5-7-11/h9,11-12,14H,3-8H2,1-2H3/t9-,12-/m1/s1. The predicted octanol–water partition coefficient (Wildman–Crippen LogP) is 2.54. The average Bonchev–Trinajstić information content (AvgIpc) is 2.18. The Morgan fingerprint density at radius 1 is 1.36 bits per heavy atom. The molecule has 0 heterocycles. The van der Waals surface area contributed by atoms with Gasteiger partial charge in [-0.05, 0) is 19.3 Å². The Balaban J connectivity index is 2.31. The summed E-state index contributed by atoms with van der Waals surface area (Å²) in [5.41, 5.74) is 0. The molecule has 0 bridgehead atoms. The normalized spacial score (nSPS) is 23.1. The Morgan fingerprint density at radius 2 is 1.93 bits per heavy atom. The molecule has 0 saturated heterocycles. The molecule has 2 nitrogen and oxygen atoms in total. The lowest BCUT2D eigenvalue weighted by atomic mass is 9.82. The number of carbonyl (C=O) groups excluding carboxylic acids is 1. The van der Waals surface area contributed by atoms with Crippen LogP contribution in [0.5, 0.6) is 0 Å². The van der Waals surface area contributed by atoms with Crippen molar-refractivity contribution in [3.63, 3.8) is 0 Å². The number of aliphatic hydroxyl groups excluding tert-OH is 1. The fourth-order valence-corrected chi connectivity index (χ4v) is 2.24. The van der Waals surface area contributed by atoms with Crippen molar-refractivity contribution in [3.05, 3.63) is 0 Å². The van der Waals surface area contributed by atoms with E-state index in [1.807, 2.05) is 6.92 Å².